The molecule has 0 amide bonds. The zero-order valence-corrected chi connectivity index (χ0v) is 18.5. The summed E-state index contributed by atoms with van der Waals surface area (Å²) in [6.07, 6.45) is 4.25. The van der Waals surface area contributed by atoms with Crippen LogP contribution in [0.15, 0.2) is 30.3 Å². The number of ether oxygens (including phenoxy) is 1. The van der Waals surface area contributed by atoms with Crippen LogP contribution in [0.5, 0.6) is 0 Å². The molecular weight excluding hydrogens is 389 g/mol. The summed E-state index contributed by atoms with van der Waals surface area (Å²) in [4.78, 5) is 9.30. The summed E-state index contributed by atoms with van der Waals surface area (Å²) in [5.41, 5.74) is 3.07. The van der Waals surface area contributed by atoms with E-state index >= 15 is 0 Å². The highest BCUT2D eigenvalue weighted by Crippen LogP contribution is 2.31. The number of thiol groups is 1. The minimum absolute atomic E-state index is 0.00718. The number of anilines is 1. The fraction of sp³-hybridized carbons (Fsp3) is 0.455. The second-order valence-corrected chi connectivity index (χ2v) is 7.88. The van der Waals surface area contributed by atoms with Gasteiger partial charge in [0.2, 0.25) is 5.95 Å². The van der Waals surface area contributed by atoms with Crippen molar-refractivity contribution in [1.82, 2.24) is 9.97 Å². The van der Waals surface area contributed by atoms with Crippen LogP contribution in [-0.2, 0) is 4.74 Å². The van der Waals surface area contributed by atoms with Gasteiger partial charge in [-0.1, -0.05) is 45.7 Å². The van der Waals surface area contributed by atoms with Gasteiger partial charge in [-0.05, 0) is 36.6 Å². The minimum atomic E-state index is -0.659. The van der Waals surface area contributed by atoms with E-state index in [2.05, 4.69) is 22.8 Å². The fourth-order valence-electron chi connectivity index (χ4n) is 3.04. The summed E-state index contributed by atoms with van der Waals surface area (Å²) in [6, 6.07) is 6.19. The lowest BCUT2D eigenvalue weighted by atomic mass is 9.97. The van der Waals surface area contributed by atoms with Crippen LogP contribution in [0, 0.1) is 5.82 Å². The molecule has 1 unspecified atom stereocenters. The predicted molar refractivity (Wildman–Crippen MR) is 120 cm³/mol. The number of aromatic nitrogens is 2. The van der Waals surface area contributed by atoms with Gasteiger partial charge in [0.1, 0.15) is 5.82 Å². The zero-order chi connectivity index (χ0) is 21.6. The molecule has 0 aliphatic heterocycles. The van der Waals surface area contributed by atoms with E-state index in [1.807, 2.05) is 26.8 Å². The molecule has 158 valence electrons. The number of benzene rings is 1. The van der Waals surface area contributed by atoms with Crippen molar-refractivity contribution in [2.75, 3.05) is 18.5 Å². The second-order valence-electron chi connectivity index (χ2n) is 7.28. The quantitative estimate of drug-likeness (QED) is 0.568. The van der Waals surface area contributed by atoms with Crippen molar-refractivity contribution in [1.29, 1.82) is 0 Å². The van der Waals surface area contributed by atoms with Crippen LogP contribution in [0.2, 0.25) is 0 Å². The summed E-state index contributed by atoms with van der Waals surface area (Å²) in [5, 5.41) is 10.4. The summed E-state index contributed by atoms with van der Waals surface area (Å²) >= 11 is 4.33. The van der Waals surface area contributed by atoms with Crippen molar-refractivity contribution in [2.24, 2.45) is 0 Å². The molecule has 2 atom stereocenters. The first-order valence-electron chi connectivity index (χ1n) is 9.76. The van der Waals surface area contributed by atoms with Crippen LogP contribution in [0.3, 0.4) is 0 Å². The standard InChI is InChI=1S/C22H30FN3O2S/c1-6-18(28-5)13-17(27)11-12-19-20(14(2)3)24-22(26(4)29)25-21(19)15-7-9-16(23)10-8-15/h7-12,14,17-18,27,29H,6,13H2,1-5H3/b12-11+/t17-,18?/m1/s1. The van der Waals surface area contributed by atoms with Gasteiger partial charge in [0.05, 0.1) is 23.6 Å². The average Bonchev–Trinajstić information content (AvgIpc) is 2.70. The number of methoxy groups -OCH3 is 1. The maximum Gasteiger partial charge on any atom is 0.235 e. The van der Waals surface area contributed by atoms with E-state index in [1.54, 1.807) is 36.7 Å². The molecule has 1 aromatic heterocycles. The normalized spacial score (nSPS) is 13.8. The van der Waals surface area contributed by atoms with Gasteiger partial charge < -0.3 is 9.84 Å². The Kier molecular flexibility index (Phi) is 8.61. The highest BCUT2D eigenvalue weighted by atomic mass is 32.1. The lowest BCUT2D eigenvalue weighted by molar-refractivity contribution is 0.0579. The Morgan fingerprint density at radius 2 is 1.90 bits per heavy atom. The largest absolute Gasteiger partial charge is 0.389 e. The second kappa shape index (κ2) is 10.7. The summed E-state index contributed by atoms with van der Waals surface area (Å²) in [6.45, 7) is 6.12. The highest BCUT2D eigenvalue weighted by molar-refractivity contribution is 7.81. The molecule has 0 spiro atoms. The lowest BCUT2D eigenvalue weighted by Crippen LogP contribution is -2.17. The van der Waals surface area contributed by atoms with Crippen molar-refractivity contribution < 1.29 is 14.2 Å². The smallest absolute Gasteiger partial charge is 0.235 e. The number of hydrogen-bond donors (Lipinski definition) is 2. The zero-order valence-electron chi connectivity index (χ0n) is 17.6. The molecule has 0 saturated carbocycles. The Bertz CT molecular complexity index is 822. The van der Waals surface area contributed by atoms with E-state index in [1.165, 1.54) is 12.1 Å². The van der Waals surface area contributed by atoms with Gasteiger partial charge in [-0.25, -0.2) is 14.4 Å². The van der Waals surface area contributed by atoms with Crippen molar-refractivity contribution in [3.8, 4) is 11.3 Å². The van der Waals surface area contributed by atoms with Crippen LogP contribution in [-0.4, -0.2) is 41.4 Å². The molecular formula is C22H30FN3O2S. The van der Waals surface area contributed by atoms with E-state index in [0.29, 0.717) is 18.1 Å². The van der Waals surface area contributed by atoms with Crippen LogP contribution in [0.1, 0.15) is 50.8 Å². The predicted octanol–water partition coefficient (Wildman–Crippen LogP) is 4.88. The molecule has 29 heavy (non-hydrogen) atoms. The monoisotopic (exact) mass is 419 g/mol. The SMILES string of the molecule is CCC(C[C@H](O)/C=C/c1c(-c2ccc(F)cc2)nc(N(C)S)nc1C(C)C)OC. The maximum absolute atomic E-state index is 13.4. The Morgan fingerprint density at radius 3 is 2.41 bits per heavy atom. The van der Waals surface area contributed by atoms with Crippen molar-refractivity contribution >= 4 is 24.8 Å². The van der Waals surface area contributed by atoms with Gasteiger partial charge >= 0.3 is 0 Å². The van der Waals surface area contributed by atoms with Gasteiger partial charge in [-0.2, -0.15) is 0 Å². The first-order valence-corrected chi connectivity index (χ1v) is 10.2. The van der Waals surface area contributed by atoms with Gasteiger partial charge in [-0.3, -0.25) is 4.31 Å². The molecule has 7 heteroatoms. The number of aliphatic hydroxyl groups excluding tert-OH is 1. The molecule has 0 saturated heterocycles. The molecule has 0 aliphatic rings. The van der Waals surface area contributed by atoms with E-state index < -0.39 is 6.10 Å². The molecule has 0 radical (unpaired) electrons. The summed E-state index contributed by atoms with van der Waals surface area (Å²) in [7, 11) is 3.40. The molecule has 1 heterocycles. The van der Waals surface area contributed by atoms with Crippen molar-refractivity contribution in [3.63, 3.8) is 0 Å². The number of hydrogen-bond acceptors (Lipinski definition) is 6. The van der Waals surface area contributed by atoms with E-state index in [0.717, 1.165) is 23.2 Å². The van der Waals surface area contributed by atoms with Crippen LogP contribution in [0.25, 0.3) is 17.3 Å². The molecule has 0 bridgehead atoms. The third kappa shape index (κ3) is 6.26. The first-order chi connectivity index (χ1) is 13.8. The maximum atomic E-state index is 13.4. The van der Waals surface area contributed by atoms with Gasteiger partial charge in [0.25, 0.3) is 0 Å². The Morgan fingerprint density at radius 1 is 1.24 bits per heavy atom. The van der Waals surface area contributed by atoms with Crippen molar-refractivity contribution in [2.45, 2.75) is 51.7 Å². The van der Waals surface area contributed by atoms with E-state index in [9.17, 15) is 9.50 Å². The van der Waals surface area contributed by atoms with Gasteiger partial charge in [-0.15, -0.1) is 0 Å². The molecule has 2 aromatic rings. The number of halogens is 1. The van der Waals surface area contributed by atoms with Crippen molar-refractivity contribution in [3.05, 3.63) is 47.4 Å². The molecule has 1 N–H and O–H groups in total. The molecule has 2 rings (SSSR count). The molecule has 0 fully saturated rings. The van der Waals surface area contributed by atoms with E-state index in [4.69, 9.17) is 4.74 Å². The third-order valence-corrected chi connectivity index (χ3v) is 4.87. The molecule has 1 aromatic carbocycles. The average molecular weight is 420 g/mol. The first kappa shape index (κ1) is 23.3. The fourth-order valence-corrected chi connectivity index (χ4v) is 3.13. The van der Waals surface area contributed by atoms with E-state index in [-0.39, 0.29) is 17.8 Å². The summed E-state index contributed by atoms with van der Waals surface area (Å²) < 4.78 is 20.4. The minimum Gasteiger partial charge on any atom is -0.389 e. The van der Waals surface area contributed by atoms with Crippen LogP contribution in [0.4, 0.5) is 10.3 Å². The molecule has 5 nitrogen and oxygen atoms in total. The number of rotatable bonds is 9. The number of aliphatic hydroxyl groups is 1. The molecule has 0 aliphatic carbocycles. The highest BCUT2D eigenvalue weighted by Gasteiger charge is 2.18. The van der Waals surface area contributed by atoms with Crippen LogP contribution < -0.4 is 4.31 Å². The number of nitrogens with zero attached hydrogens (tertiary/aromatic N) is 3. The van der Waals surface area contributed by atoms with Crippen LogP contribution >= 0.6 is 12.8 Å². The lowest BCUT2D eigenvalue weighted by Gasteiger charge is -2.19. The van der Waals surface area contributed by atoms with Gasteiger partial charge in [0.15, 0.2) is 0 Å². The third-order valence-electron chi connectivity index (χ3n) is 4.70. The topological polar surface area (TPSA) is 58.5 Å². The Hall–Kier alpha value is -1.96. The van der Waals surface area contributed by atoms with Gasteiger partial charge in [0, 0.05) is 31.7 Å². The Labute approximate surface area is 178 Å². The summed E-state index contributed by atoms with van der Waals surface area (Å²) in [5.74, 6) is 0.263. The Balaban J connectivity index is 2.55.